The van der Waals surface area contributed by atoms with Gasteiger partial charge in [0.1, 0.15) is 0 Å². The van der Waals surface area contributed by atoms with Crippen LogP contribution in [-0.2, 0) is 17.1 Å². The van der Waals surface area contributed by atoms with Crippen LogP contribution >= 0.6 is 0 Å². The molecular formula is C35H54Fe. The van der Waals surface area contributed by atoms with Gasteiger partial charge < -0.3 is 0 Å². The van der Waals surface area contributed by atoms with Gasteiger partial charge in [-0.05, 0) is 146 Å². The van der Waals surface area contributed by atoms with Gasteiger partial charge in [-0.3, -0.25) is 0 Å². The summed E-state index contributed by atoms with van der Waals surface area (Å²) in [6.07, 6.45) is 24.6. The van der Waals surface area contributed by atoms with Crippen molar-refractivity contribution in [3.8, 4) is 0 Å². The first kappa shape index (κ1) is 25.2. The molecule has 0 bridgehead atoms. The maximum Gasteiger partial charge on any atom is 0 e. The maximum atomic E-state index is 3.00. The summed E-state index contributed by atoms with van der Waals surface area (Å²) in [6, 6.07) is 0. The topological polar surface area (TPSA) is 0 Å². The monoisotopic (exact) mass is 530 g/mol. The molecule has 0 aromatic rings. The molecule has 202 valence electrons. The molecule has 13 unspecified atom stereocenters. The second-order valence-corrected chi connectivity index (χ2v) is 16.2. The molecule has 0 aromatic carbocycles. The van der Waals surface area contributed by atoms with Crippen LogP contribution in [0.25, 0.3) is 0 Å². The number of allylic oxidation sites excluding steroid dienone is 2. The predicted octanol–water partition coefficient (Wildman–Crippen LogP) is 9.83. The average molecular weight is 531 g/mol. The molecule has 6 saturated carbocycles. The Morgan fingerprint density at radius 3 is 2.06 bits per heavy atom. The quantitative estimate of drug-likeness (QED) is 0.246. The van der Waals surface area contributed by atoms with Gasteiger partial charge in [0.2, 0.25) is 0 Å². The van der Waals surface area contributed by atoms with Gasteiger partial charge in [0.15, 0.2) is 0 Å². The molecule has 0 nitrogen and oxygen atoms in total. The van der Waals surface area contributed by atoms with Gasteiger partial charge in [-0.25, -0.2) is 0 Å². The number of hydrogen-bond acceptors (Lipinski definition) is 0. The van der Waals surface area contributed by atoms with Crippen molar-refractivity contribution in [2.45, 2.75) is 130 Å². The molecule has 0 amide bonds. The largest absolute Gasteiger partial charge is 0.0707 e. The molecule has 8 aliphatic rings. The summed E-state index contributed by atoms with van der Waals surface area (Å²) in [7, 11) is 0. The molecule has 13 atom stereocenters. The van der Waals surface area contributed by atoms with E-state index >= 15 is 0 Å². The summed E-state index contributed by atoms with van der Waals surface area (Å²) in [6.45, 7) is 11.4. The minimum absolute atomic E-state index is 0. The van der Waals surface area contributed by atoms with Crippen LogP contribution in [-0.4, -0.2) is 0 Å². The van der Waals surface area contributed by atoms with Crippen molar-refractivity contribution in [2.24, 2.45) is 75.4 Å². The van der Waals surface area contributed by atoms with Gasteiger partial charge in [0.25, 0.3) is 0 Å². The normalized spacial score (nSPS) is 59.0. The predicted molar refractivity (Wildman–Crippen MR) is 146 cm³/mol. The molecule has 0 heterocycles. The van der Waals surface area contributed by atoms with E-state index in [1.54, 1.807) is 57.8 Å². The zero-order valence-corrected chi connectivity index (χ0v) is 25.0. The third-order valence-electron chi connectivity index (χ3n) is 15.8. The number of hydrogen-bond donors (Lipinski definition) is 0. The zero-order valence-electron chi connectivity index (χ0n) is 23.9. The van der Waals surface area contributed by atoms with Gasteiger partial charge >= 0.3 is 0 Å². The van der Waals surface area contributed by atoms with Crippen LogP contribution < -0.4 is 0 Å². The molecule has 0 aromatic heterocycles. The Hall–Kier alpha value is 0.259. The summed E-state index contributed by atoms with van der Waals surface area (Å²) >= 11 is 0. The van der Waals surface area contributed by atoms with E-state index in [1.807, 2.05) is 11.1 Å². The first-order valence-electron chi connectivity index (χ1n) is 16.6. The van der Waals surface area contributed by atoms with Crippen LogP contribution in [0.1, 0.15) is 130 Å². The molecule has 1 spiro atoms. The van der Waals surface area contributed by atoms with E-state index in [1.165, 1.54) is 44.9 Å². The van der Waals surface area contributed by atoms with Gasteiger partial charge in [-0.1, -0.05) is 70.9 Å². The Bertz CT molecular complexity index is 927. The SMILES string of the molecule is CC1C(C2CCCC3=C2CCCC3)C2(C)C(C3CCCC4CCCCC43)C(C)C3CC4(C)CC1C342.[Fe]. The van der Waals surface area contributed by atoms with Crippen LogP contribution in [0.2, 0.25) is 0 Å². The summed E-state index contributed by atoms with van der Waals surface area (Å²) in [5.41, 5.74) is 6.06. The molecule has 36 heavy (non-hydrogen) atoms. The Morgan fingerprint density at radius 2 is 1.28 bits per heavy atom. The van der Waals surface area contributed by atoms with E-state index in [4.69, 9.17) is 0 Å². The molecule has 0 saturated heterocycles. The van der Waals surface area contributed by atoms with Crippen LogP contribution in [0.3, 0.4) is 0 Å². The summed E-state index contributed by atoms with van der Waals surface area (Å²) in [4.78, 5) is 0. The van der Waals surface area contributed by atoms with Crippen LogP contribution in [0.15, 0.2) is 11.1 Å². The van der Waals surface area contributed by atoms with Crippen molar-refractivity contribution in [3.05, 3.63) is 11.1 Å². The Labute approximate surface area is 233 Å². The van der Waals surface area contributed by atoms with E-state index in [0.29, 0.717) is 10.8 Å². The van der Waals surface area contributed by atoms with Gasteiger partial charge in [-0.2, -0.15) is 0 Å². The van der Waals surface area contributed by atoms with Gasteiger partial charge in [0.05, 0.1) is 0 Å². The van der Waals surface area contributed by atoms with Gasteiger partial charge in [0, 0.05) is 17.1 Å². The van der Waals surface area contributed by atoms with Crippen molar-refractivity contribution in [2.75, 3.05) is 0 Å². The third kappa shape index (κ3) is 2.71. The minimum atomic E-state index is 0. The van der Waals surface area contributed by atoms with Crippen molar-refractivity contribution < 1.29 is 17.1 Å². The molecule has 8 aliphatic carbocycles. The van der Waals surface area contributed by atoms with Crippen molar-refractivity contribution in [1.82, 2.24) is 0 Å². The van der Waals surface area contributed by atoms with E-state index in [0.717, 1.165) is 64.6 Å². The standard InChI is InChI=1S/C35H54.Fe/c1-21-29-19-33(3)20-30-22(2)32(28-18-10-14-24-12-6-8-16-26(24)28)34(4,35(29,30)33)31(21)27-17-9-13-23-11-5-7-15-25(23)27;/h21-23,25,27-32H,5-20H2,1-4H3;. The van der Waals surface area contributed by atoms with E-state index in [9.17, 15) is 0 Å². The molecule has 8 rings (SSSR count). The first-order valence-corrected chi connectivity index (χ1v) is 16.6. The Morgan fingerprint density at radius 1 is 0.639 bits per heavy atom. The molecule has 1 heteroatoms. The van der Waals surface area contributed by atoms with E-state index in [-0.39, 0.29) is 17.1 Å². The van der Waals surface area contributed by atoms with Crippen molar-refractivity contribution in [3.63, 3.8) is 0 Å². The van der Waals surface area contributed by atoms with Crippen molar-refractivity contribution >= 4 is 0 Å². The first-order chi connectivity index (χ1) is 16.9. The van der Waals surface area contributed by atoms with E-state index in [2.05, 4.69) is 27.7 Å². The number of fused-ring (bicyclic) bond motifs is 1. The summed E-state index contributed by atoms with van der Waals surface area (Å²) in [5.74, 6) is 10.4. The van der Waals surface area contributed by atoms with Crippen LogP contribution in [0.5, 0.6) is 0 Å². The fourth-order valence-corrected chi connectivity index (χ4v) is 15.5. The van der Waals surface area contributed by atoms with E-state index < -0.39 is 0 Å². The number of rotatable bonds is 2. The molecule has 6 fully saturated rings. The van der Waals surface area contributed by atoms with Crippen LogP contribution in [0.4, 0.5) is 0 Å². The average Bonchev–Trinajstić information content (AvgIpc) is 3.18. The molecule has 0 aliphatic heterocycles. The second kappa shape index (κ2) is 8.38. The molecule has 0 radical (unpaired) electrons. The van der Waals surface area contributed by atoms with Gasteiger partial charge in [-0.15, -0.1) is 0 Å². The summed E-state index contributed by atoms with van der Waals surface area (Å²) in [5, 5.41) is 0. The molecular weight excluding hydrogens is 476 g/mol. The zero-order chi connectivity index (χ0) is 23.7. The summed E-state index contributed by atoms with van der Waals surface area (Å²) < 4.78 is 0. The Kier molecular flexibility index (Phi) is 5.88. The van der Waals surface area contributed by atoms with Crippen molar-refractivity contribution in [1.29, 1.82) is 0 Å². The fraction of sp³-hybridized carbons (Fsp3) is 0.943. The molecule has 0 N–H and O–H groups in total. The maximum absolute atomic E-state index is 3.00. The third-order valence-corrected chi connectivity index (χ3v) is 15.8. The fourth-order valence-electron chi connectivity index (χ4n) is 15.5. The second-order valence-electron chi connectivity index (χ2n) is 16.2. The minimum Gasteiger partial charge on any atom is -0.0707 e. The Balaban J connectivity index is 0.00000220. The smallest absolute Gasteiger partial charge is 0 e. The van der Waals surface area contributed by atoms with Crippen LogP contribution in [0, 0.1) is 75.4 Å².